The summed E-state index contributed by atoms with van der Waals surface area (Å²) < 4.78 is 0. The topological polar surface area (TPSA) is 210 Å². The van der Waals surface area contributed by atoms with Crippen LogP contribution in [-0.2, 0) is 19.2 Å². The summed E-state index contributed by atoms with van der Waals surface area (Å²) in [6.45, 7) is 2.17. The van der Waals surface area contributed by atoms with Gasteiger partial charge in [-0.2, -0.15) is 0 Å². The Kier molecular flexibility index (Phi) is 21.3. The average molecular weight is 284 g/mol. The first-order valence-electron chi connectivity index (χ1n) is 4.59. The van der Waals surface area contributed by atoms with Crippen LogP contribution in [0, 0.1) is 0 Å². The molecule has 0 aliphatic heterocycles. The highest BCUT2D eigenvalue weighted by Crippen LogP contribution is 1.93. The van der Waals surface area contributed by atoms with Crippen LogP contribution in [-0.4, -0.2) is 50.3 Å². The smallest absolute Gasteiger partial charge is 0.320 e. The van der Waals surface area contributed by atoms with Crippen molar-refractivity contribution in [3.8, 4) is 0 Å². The molecule has 19 heavy (non-hydrogen) atoms. The minimum atomic E-state index is -1.17. The highest BCUT2D eigenvalue weighted by atomic mass is 16.4. The maximum Gasteiger partial charge on any atom is 0.320 e. The van der Waals surface area contributed by atoms with Gasteiger partial charge in [0.15, 0.2) is 0 Å². The monoisotopic (exact) mass is 284 g/mol. The van der Waals surface area contributed by atoms with E-state index in [1.54, 1.807) is 0 Å². The molecule has 0 aromatic heterocycles. The van der Waals surface area contributed by atoms with Gasteiger partial charge in [-0.1, -0.05) is 0 Å². The summed E-state index contributed by atoms with van der Waals surface area (Å²) in [6, 6.07) is -1.06. The molecule has 114 valence electrons. The maximum absolute atomic E-state index is 9.99. The van der Waals surface area contributed by atoms with Crippen LogP contribution in [0.25, 0.3) is 0 Å². The SMILES string of the molecule is CC(=O)O.CC(=O)O.N.NC(CCC(=O)O)C(=O)O. The van der Waals surface area contributed by atoms with Gasteiger partial charge < -0.3 is 32.3 Å². The Morgan fingerprint density at radius 1 is 0.947 bits per heavy atom. The van der Waals surface area contributed by atoms with Crippen LogP contribution in [0.1, 0.15) is 26.7 Å². The first-order valence-corrected chi connectivity index (χ1v) is 4.59. The largest absolute Gasteiger partial charge is 0.481 e. The molecule has 1 atom stereocenters. The Labute approximate surface area is 109 Å². The number of rotatable bonds is 4. The van der Waals surface area contributed by atoms with Gasteiger partial charge in [0, 0.05) is 20.3 Å². The van der Waals surface area contributed by atoms with Gasteiger partial charge in [0.2, 0.25) is 0 Å². The van der Waals surface area contributed by atoms with Crippen LogP contribution < -0.4 is 11.9 Å². The fourth-order valence-electron chi connectivity index (χ4n) is 0.402. The van der Waals surface area contributed by atoms with E-state index in [1.165, 1.54) is 0 Å². The highest BCUT2D eigenvalue weighted by Gasteiger charge is 2.12. The van der Waals surface area contributed by atoms with Crippen LogP contribution in [0.2, 0.25) is 0 Å². The Balaban J connectivity index is -0.000000105. The number of nitrogens with two attached hydrogens (primary N) is 1. The lowest BCUT2D eigenvalue weighted by molar-refractivity contribution is -0.140. The van der Waals surface area contributed by atoms with Crippen LogP contribution in [0.4, 0.5) is 0 Å². The van der Waals surface area contributed by atoms with Gasteiger partial charge in [-0.15, -0.1) is 0 Å². The highest BCUT2D eigenvalue weighted by molar-refractivity contribution is 5.74. The Hall–Kier alpha value is -2.20. The van der Waals surface area contributed by atoms with Gasteiger partial charge in [0.05, 0.1) is 0 Å². The van der Waals surface area contributed by atoms with Crippen LogP contribution >= 0.6 is 0 Å². The summed E-state index contributed by atoms with van der Waals surface area (Å²) in [4.78, 5) is 37.9. The molecule has 0 saturated carbocycles. The Morgan fingerprint density at radius 3 is 1.37 bits per heavy atom. The van der Waals surface area contributed by atoms with E-state index < -0.39 is 29.9 Å². The van der Waals surface area contributed by atoms with E-state index in [4.69, 9.17) is 35.7 Å². The predicted octanol–water partition coefficient (Wildman–Crippen LogP) is -0.393. The molecule has 0 radical (unpaired) electrons. The molecule has 1 unspecified atom stereocenters. The molecule has 0 fully saturated rings. The minimum Gasteiger partial charge on any atom is -0.481 e. The maximum atomic E-state index is 9.99. The number of hydrogen-bond acceptors (Lipinski definition) is 6. The fourth-order valence-corrected chi connectivity index (χ4v) is 0.402. The van der Waals surface area contributed by atoms with Crippen molar-refractivity contribution >= 4 is 23.9 Å². The molecule has 10 heteroatoms. The van der Waals surface area contributed by atoms with E-state index in [1.807, 2.05) is 0 Å². The summed E-state index contributed by atoms with van der Waals surface area (Å²) >= 11 is 0. The van der Waals surface area contributed by atoms with Crippen molar-refractivity contribution in [3.05, 3.63) is 0 Å². The molecule has 0 aromatic carbocycles. The van der Waals surface area contributed by atoms with E-state index in [0.717, 1.165) is 13.8 Å². The predicted molar refractivity (Wildman–Crippen MR) is 64.1 cm³/mol. The summed E-state index contributed by atoms with van der Waals surface area (Å²) in [6.07, 6.45) is -0.224. The van der Waals surface area contributed by atoms with Gasteiger partial charge in [-0.25, -0.2) is 0 Å². The minimum absolute atomic E-state index is 0. The van der Waals surface area contributed by atoms with Gasteiger partial charge in [-0.3, -0.25) is 19.2 Å². The zero-order valence-electron chi connectivity index (χ0n) is 10.7. The Bertz CT molecular complexity index is 272. The third kappa shape index (κ3) is 65.1. The van der Waals surface area contributed by atoms with E-state index in [0.29, 0.717) is 0 Å². The fraction of sp³-hybridized carbons (Fsp3) is 0.556. The molecule has 0 heterocycles. The third-order valence-corrected chi connectivity index (χ3v) is 0.986. The molecule has 0 amide bonds. The number of carboxylic acid groups (broad SMARTS) is 4. The first kappa shape index (κ1) is 25.6. The van der Waals surface area contributed by atoms with Crippen molar-refractivity contribution in [1.29, 1.82) is 0 Å². The molecule has 0 spiro atoms. The molecular weight excluding hydrogens is 264 g/mol. The van der Waals surface area contributed by atoms with Crippen molar-refractivity contribution in [2.45, 2.75) is 32.7 Å². The van der Waals surface area contributed by atoms with E-state index in [-0.39, 0.29) is 19.0 Å². The molecule has 10 nitrogen and oxygen atoms in total. The molecule has 0 aliphatic carbocycles. The third-order valence-electron chi connectivity index (χ3n) is 0.986. The Morgan fingerprint density at radius 2 is 1.21 bits per heavy atom. The number of carboxylic acids is 4. The van der Waals surface area contributed by atoms with Crippen LogP contribution in [0.15, 0.2) is 0 Å². The van der Waals surface area contributed by atoms with Gasteiger partial charge in [-0.05, 0) is 6.42 Å². The van der Waals surface area contributed by atoms with Gasteiger partial charge >= 0.3 is 11.9 Å². The summed E-state index contributed by atoms with van der Waals surface area (Å²) in [5.74, 6) is -3.86. The molecular formula is C9H20N2O8. The van der Waals surface area contributed by atoms with Crippen molar-refractivity contribution < 1.29 is 39.6 Å². The number of aliphatic carboxylic acids is 4. The normalized spacial score (nSPS) is 9.21. The van der Waals surface area contributed by atoms with Crippen LogP contribution in [0.5, 0.6) is 0 Å². The zero-order chi connectivity index (χ0) is 15.3. The molecule has 0 saturated heterocycles. The second kappa shape index (κ2) is 15.8. The van der Waals surface area contributed by atoms with Crippen molar-refractivity contribution in [1.82, 2.24) is 6.15 Å². The first-order chi connectivity index (χ1) is 8.00. The second-order valence-corrected chi connectivity index (χ2v) is 2.92. The van der Waals surface area contributed by atoms with Crippen LogP contribution in [0.3, 0.4) is 0 Å². The van der Waals surface area contributed by atoms with E-state index in [2.05, 4.69) is 0 Å². The van der Waals surface area contributed by atoms with E-state index >= 15 is 0 Å². The lowest BCUT2D eigenvalue weighted by Crippen LogP contribution is -2.30. The van der Waals surface area contributed by atoms with Gasteiger partial charge in [0.1, 0.15) is 6.04 Å². The van der Waals surface area contributed by atoms with E-state index in [9.17, 15) is 9.59 Å². The molecule has 0 bridgehead atoms. The lowest BCUT2D eigenvalue weighted by atomic mass is 10.2. The molecule has 0 rings (SSSR count). The van der Waals surface area contributed by atoms with Crippen molar-refractivity contribution in [2.24, 2.45) is 5.73 Å². The molecule has 0 aliphatic rings. The average Bonchev–Trinajstić information content (AvgIpc) is 2.11. The van der Waals surface area contributed by atoms with Crippen molar-refractivity contribution in [3.63, 3.8) is 0 Å². The number of carbonyl (C=O) groups is 4. The standard InChI is InChI=1S/C5H9NO4.2C2H4O2.H3N/c6-3(5(9)10)1-2-4(7)8;2*1-2(3)4;/h3H,1-2,6H2,(H,7,8)(H,9,10);2*1H3,(H,3,4);1H3. The summed E-state index contributed by atoms with van der Waals surface area (Å²) in [7, 11) is 0. The molecule has 0 aromatic rings. The molecule has 9 N–H and O–H groups in total. The quantitative estimate of drug-likeness (QED) is 0.393. The van der Waals surface area contributed by atoms with Crippen molar-refractivity contribution in [2.75, 3.05) is 0 Å². The summed E-state index contributed by atoms with van der Waals surface area (Å²) in [5.41, 5.74) is 5.00. The second-order valence-electron chi connectivity index (χ2n) is 2.92. The summed E-state index contributed by atoms with van der Waals surface area (Å²) in [5, 5.41) is 31.1. The zero-order valence-corrected chi connectivity index (χ0v) is 10.7. The van der Waals surface area contributed by atoms with Gasteiger partial charge in [0.25, 0.3) is 11.9 Å². The lowest BCUT2D eigenvalue weighted by Gasteiger charge is -2.01. The number of hydrogen-bond donors (Lipinski definition) is 6.